The average molecular weight is 302 g/mol. The van der Waals surface area contributed by atoms with E-state index in [1.54, 1.807) is 6.07 Å². The second-order valence-electron chi connectivity index (χ2n) is 4.95. The molecule has 0 spiro atoms. The van der Waals surface area contributed by atoms with Gasteiger partial charge in [-0.15, -0.1) is 0 Å². The first-order chi connectivity index (χ1) is 10.5. The minimum atomic E-state index is -0.911. The Kier molecular flexibility index (Phi) is 3.26. The molecule has 1 atom stereocenters. The van der Waals surface area contributed by atoms with Gasteiger partial charge in [0.25, 0.3) is 0 Å². The third-order valence-corrected chi connectivity index (χ3v) is 3.63. The highest BCUT2D eigenvalue weighted by molar-refractivity contribution is 6.28. The van der Waals surface area contributed by atoms with Gasteiger partial charge in [-0.25, -0.2) is 0 Å². The number of aliphatic hydroxyl groups excluding tert-OH is 1. The molecule has 0 amide bonds. The van der Waals surface area contributed by atoms with Crippen LogP contribution < -0.4 is 9.47 Å². The van der Waals surface area contributed by atoms with Gasteiger partial charge in [-0.05, 0) is 25.1 Å². The zero-order valence-corrected chi connectivity index (χ0v) is 12.3. The van der Waals surface area contributed by atoms with Gasteiger partial charge in [0.2, 0.25) is 5.78 Å². The average Bonchev–Trinajstić information content (AvgIpc) is 2.97. The van der Waals surface area contributed by atoms with Crippen molar-refractivity contribution in [1.82, 2.24) is 0 Å². The minimum Gasteiger partial charge on any atom is -0.493 e. The van der Waals surface area contributed by atoms with Gasteiger partial charge in [-0.2, -0.15) is 0 Å². The van der Waals surface area contributed by atoms with E-state index in [4.69, 9.17) is 13.9 Å². The molecule has 3 rings (SSSR count). The lowest BCUT2D eigenvalue weighted by atomic mass is 9.87. The van der Waals surface area contributed by atoms with Gasteiger partial charge in [0.05, 0.1) is 25.3 Å². The maximum atomic E-state index is 12.7. The van der Waals surface area contributed by atoms with E-state index in [1.165, 1.54) is 33.3 Å². The Balaban J connectivity index is 2.26. The summed E-state index contributed by atoms with van der Waals surface area (Å²) in [5, 5.41) is 9.58. The van der Waals surface area contributed by atoms with Crippen LogP contribution in [-0.2, 0) is 0 Å². The van der Waals surface area contributed by atoms with Crippen molar-refractivity contribution >= 4 is 11.6 Å². The summed E-state index contributed by atoms with van der Waals surface area (Å²) >= 11 is 0. The van der Waals surface area contributed by atoms with E-state index in [0.29, 0.717) is 5.75 Å². The monoisotopic (exact) mass is 302 g/mol. The number of furan rings is 1. The predicted molar refractivity (Wildman–Crippen MR) is 75.8 cm³/mol. The number of hydrogen-bond acceptors (Lipinski definition) is 6. The normalized spacial score (nSPS) is 14.4. The third-order valence-electron chi connectivity index (χ3n) is 3.63. The second-order valence-corrected chi connectivity index (χ2v) is 4.95. The van der Waals surface area contributed by atoms with Crippen LogP contribution in [0.2, 0.25) is 0 Å². The van der Waals surface area contributed by atoms with E-state index in [9.17, 15) is 14.7 Å². The fourth-order valence-electron chi connectivity index (χ4n) is 2.55. The molecule has 114 valence electrons. The zero-order valence-electron chi connectivity index (χ0n) is 12.3. The lowest BCUT2D eigenvalue weighted by Gasteiger charge is -2.18. The van der Waals surface area contributed by atoms with Crippen molar-refractivity contribution in [3.8, 4) is 11.5 Å². The second kappa shape index (κ2) is 4.99. The first-order valence-corrected chi connectivity index (χ1v) is 6.65. The number of ether oxygens (including phenoxy) is 2. The number of hydrogen-bond donors (Lipinski definition) is 1. The molecule has 0 unspecified atom stereocenters. The highest BCUT2D eigenvalue weighted by atomic mass is 16.5. The van der Waals surface area contributed by atoms with Crippen LogP contribution in [0.3, 0.4) is 0 Å². The number of carbonyl (C=O) groups excluding carboxylic acids is 2. The van der Waals surface area contributed by atoms with Crippen molar-refractivity contribution in [2.75, 3.05) is 14.2 Å². The SMILES string of the molecule is COc1ccc2c(c1OC)C(=O)c1oc([C@@H](C)O)cc1C2=O. The summed E-state index contributed by atoms with van der Waals surface area (Å²) in [5.41, 5.74) is 0.500. The Bertz CT molecular complexity index is 784. The fourth-order valence-corrected chi connectivity index (χ4v) is 2.55. The lowest BCUT2D eigenvalue weighted by Crippen LogP contribution is -2.20. The van der Waals surface area contributed by atoms with E-state index >= 15 is 0 Å². The van der Waals surface area contributed by atoms with Gasteiger partial charge >= 0.3 is 0 Å². The molecular weight excluding hydrogens is 288 g/mol. The number of fused-ring (bicyclic) bond motifs is 2. The molecule has 0 saturated heterocycles. The largest absolute Gasteiger partial charge is 0.493 e. The molecular formula is C16H14O6. The Hall–Kier alpha value is -2.60. The molecule has 1 aromatic carbocycles. The van der Waals surface area contributed by atoms with E-state index in [2.05, 4.69) is 0 Å². The van der Waals surface area contributed by atoms with Crippen molar-refractivity contribution in [1.29, 1.82) is 0 Å². The number of methoxy groups -OCH3 is 2. The minimum absolute atomic E-state index is 0.0834. The fraction of sp³-hybridized carbons (Fsp3) is 0.250. The van der Waals surface area contributed by atoms with E-state index in [-0.39, 0.29) is 39.7 Å². The van der Waals surface area contributed by atoms with Gasteiger partial charge in [-0.1, -0.05) is 0 Å². The Labute approximate surface area is 126 Å². The molecule has 0 aliphatic heterocycles. The van der Waals surface area contributed by atoms with Gasteiger partial charge in [-0.3, -0.25) is 9.59 Å². The van der Waals surface area contributed by atoms with Crippen molar-refractivity contribution in [3.05, 3.63) is 46.4 Å². The van der Waals surface area contributed by atoms with Gasteiger partial charge in [0.15, 0.2) is 23.0 Å². The molecule has 22 heavy (non-hydrogen) atoms. The summed E-state index contributed by atoms with van der Waals surface area (Å²) in [7, 11) is 2.85. The Morgan fingerprint density at radius 3 is 2.41 bits per heavy atom. The topological polar surface area (TPSA) is 86.0 Å². The van der Waals surface area contributed by atoms with Crippen LogP contribution in [0.4, 0.5) is 0 Å². The summed E-state index contributed by atoms with van der Waals surface area (Å²) in [5.74, 6) is -0.175. The molecule has 1 aliphatic rings. The summed E-state index contributed by atoms with van der Waals surface area (Å²) in [6, 6.07) is 4.50. The smallest absolute Gasteiger partial charge is 0.233 e. The molecule has 2 aromatic rings. The summed E-state index contributed by atoms with van der Waals surface area (Å²) in [6.45, 7) is 1.50. The predicted octanol–water partition coefficient (Wildman–Crippen LogP) is 2.13. The molecule has 0 saturated carbocycles. The molecule has 1 aliphatic carbocycles. The first kappa shape index (κ1) is 14.3. The molecule has 1 N–H and O–H groups in total. The van der Waals surface area contributed by atoms with Crippen molar-refractivity contribution in [2.45, 2.75) is 13.0 Å². The quantitative estimate of drug-likeness (QED) is 0.797. The van der Waals surface area contributed by atoms with Crippen LogP contribution in [0.15, 0.2) is 22.6 Å². The van der Waals surface area contributed by atoms with E-state index < -0.39 is 11.9 Å². The van der Waals surface area contributed by atoms with Crippen LogP contribution in [0, 0.1) is 0 Å². The van der Waals surface area contributed by atoms with Crippen molar-refractivity contribution in [2.24, 2.45) is 0 Å². The Morgan fingerprint density at radius 2 is 1.82 bits per heavy atom. The molecule has 0 radical (unpaired) electrons. The van der Waals surface area contributed by atoms with Gasteiger partial charge in [0.1, 0.15) is 11.9 Å². The molecule has 1 heterocycles. The van der Waals surface area contributed by atoms with Crippen LogP contribution in [0.5, 0.6) is 11.5 Å². The first-order valence-electron chi connectivity index (χ1n) is 6.65. The number of rotatable bonds is 3. The van der Waals surface area contributed by atoms with Crippen molar-refractivity contribution in [3.63, 3.8) is 0 Å². The molecule has 6 nitrogen and oxygen atoms in total. The highest BCUT2D eigenvalue weighted by Crippen LogP contribution is 2.40. The van der Waals surface area contributed by atoms with Gasteiger partial charge < -0.3 is 19.0 Å². The summed E-state index contributed by atoms with van der Waals surface area (Å²) in [4.78, 5) is 25.2. The zero-order chi connectivity index (χ0) is 16.0. The summed E-state index contributed by atoms with van der Waals surface area (Å²) < 4.78 is 15.8. The number of aliphatic hydroxyl groups is 1. The maximum absolute atomic E-state index is 12.7. The Morgan fingerprint density at radius 1 is 1.09 bits per heavy atom. The molecule has 6 heteroatoms. The third kappa shape index (κ3) is 1.84. The van der Waals surface area contributed by atoms with Crippen molar-refractivity contribution < 1.29 is 28.6 Å². The number of ketones is 2. The van der Waals surface area contributed by atoms with Crippen LogP contribution in [0.1, 0.15) is 50.8 Å². The standard InChI is InChI=1S/C16H14O6/c1-7(17)11-6-9-13(18)8-4-5-10(20-2)16(21-3)12(8)14(19)15(9)22-11/h4-7,17H,1-3H3/t7-/m1/s1. The lowest BCUT2D eigenvalue weighted by molar-refractivity contribution is 0.0950. The maximum Gasteiger partial charge on any atom is 0.233 e. The number of carbonyl (C=O) groups is 2. The van der Waals surface area contributed by atoms with Gasteiger partial charge in [0, 0.05) is 5.56 Å². The number of benzene rings is 1. The van der Waals surface area contributed by atoms with E-state index in [0.717, 1.165) is 0 Å². The highest BCUT2D eigenvalue weighted by Gasteiger charge is 2.37. The summed E-state index contributed by atoms with van der Waals surface area (Å²) in [6.07, 6.45) is -0.911. The van der Waals surface area contributed by atoms with Crippen LogP contribution in [-0.4, -0.2) is 30.9 Å². The van der Waals surface area contributed by atoms with Crippen LogP contribution >= 0.6 is 0 Å². The molecule has 0 fully saturated rings. The van der Waals surface area contributed by atoms with Crippen LogP contribution in [0.25, 0.3) is 0 Å². The molecule has 1 aromatic heterocycles. The molecule has 0 bridgehead atoms. The van der Waals surface area contributed by atoms with E-state index in [1.807, 2.05) is 0 Å².